The molecule has 0 bridgehead atoms. The Morgan fingerprint density at radius 3 is 2.19 bits per heavy atom. The average molecular weight is 364 g/mol. The second-order valence-corrected chi connectivity index (χ2v) is 5.76. The van der Waals surface area contributed by atoms with Crippen molar-refractivity contribution in [3.63, 3.8) is 0 Å². The van der Waals surface area contributed by atoms with Crippen LogP contribution < -0.4 is 19.9 Å². The van der Waals surface area contributed by atoms with Crippen LogP contribution in [-0.2, 0) is 0 Å². The number of carbonyl (C=O) groups excluding carboxylic acids is 1. The average Bonchev–Trinajstić information content (AvgIpc) is 2.73. The second-order valence-electron chi connectivity index (χ2n) is 5.76. The Morgan fingerprint density at radius 1 is 0.926 bits per heavy atom. The molecule has 138 valence electrons. The molecule has 0 saturated heterocycles. The number of pyridine rings is 1. The van der Waals surface area contributed by atoms with Crippen LogP contribution in [0, 0.1) is 0 Å². The lowest BCUT2D eigenvalue weighted by Gasteiger charge is -2.14. The SMILES string of the molecule is COc1cc(C(=O)c2cc(-c3ccccn3)ccc2N)cc(OC)c1OC. The van der Waals surface area contributed by atoms with Crippen LogP contribution in [0.15, 0.2) is 54.7 Å². The summed E-state index contributed by atoms with van der Waals surface area (Å²) in [5.74, 6) is 0.982. The largest absolute Gasteiger partial charge is 0.493 e. The quantitative estimate of drug-likeness (QED) is 0.532. The van der Waals surface area contributed by atoms with E-state index in [0.29, 0.717) is 34.1 Å². The minimum Gasteiger partial charge on any atom is -0.493 e. The number of ketones is 1. The first kappa shape index (κ1) is 18.3. The molecule has 0 radical (unpaired) electrons. The first-order valence-corrected chi connectivity index (χ1v) is 8.24. The molecule has 3 aromatic rings. The molecule has 0 aliphatic rings. The summed E-state index contributed by atoms with van der Waals surface area (Å²) in [7, 11) is 4.51. The van der Waals surface area contributed by atoms with Crippen molar-refractivity contribution in [1.29, 1.82) is 0 Å². The van der Waals surface area contributed by atoms with E-state index in [0.717, 1.165) is 11.3 Å². The second kappa shape index (κ2) is 7.78. The minimum atomic E-state index is -0.246. The van der Waals surface area contributed by atoms with Crippen LogP contribution >= 0.6 is 0 Å². The van der Waals surface area contributed by atoms with Crippen molar-refractivity contribution in [2.75, 3.05) is 27.1 Å². The van der Waals surface area contributed by atoms with E-state index in [2.05, 4.69) is 4.98 Å². The Bertz CT molecular complexity index is 946. The van der Waals surface area contributed by atoms with E-state index in [1.807, 2.05) is 24.3 Å². The number of carbonyl (C=O) groups is 1. The lowest BCUT2D eigenvalue weighted by molar-refractivity contribution is 0.103. The van der Waals surface area contributed by atoms with Crippen molar-refractivity contribution in [3.05, 3.63) is 65.9 Å². The molecule has 3 rings (SSSR count). The van der Waals surface area contributed by atoms with Crippen LogP contribution in [0.1, 0.15) is 15.9 Å². The van der Waals surface area contributed by atoms with Gasteiger partial charge in [0.15, 0.2) is 17.3 Å². The van der Waals surface area contributed by atoms with Crippen LogP contribution in [0.5, 0.6) is 17.2 Å². The van der Waals surface area contributed by atoms with Gasteiger partial charge in [-0.1, -0.05) is 12.1 Å². The molecule has 1 aromatic heterocycles. The summed E-state index contributed by atoms with van der Waals surface area (Å²) in [5.41, 5.74) is 8.79. The van der Waals surface area contributed by atoms with E-state index in [4.69, 9.17) is 19.9 Å². The van der Waals surface area contributed by atoms with Gasteiger partial charge in [0.25, 0.3) is 0 Å². The lowest BCUT2D eigenvalue weighted by atomic mass is 9.98. The van der Waals surface area contributed by atoms with E-state index < -0.39 is 0 Å². The number of nitrogens with two attached hydrogens (primary N) is 1. The molecule has 0 atom stereocenters. The van der Waals surface area contributed by atoms with E-state index in [9.17, 15) is 4.79 Å². The number of rotatable bonds is 6. The minimum absolute atomic E-state index is 0.246. The van der Waals surface area contributed by atoms with Crippen molar-refractivity contribution < 1.29 is 19.0 Å². The van der Waals surface area contributed by atoms with Crippen LogP contribution in [0.4, 0.5) is 5.69 Å². The topological polar surface area (TPSA) is 83.7 Å². The monoisotopic (exact) mass is 364 g/mol. The fourth-order valence-electron chi connectivity index (χ4n) is 2.81. The maximum Gasteiger partial charge on any atom is 0.203 e. The molecule has 27 heavy (non-hydrogen) atoms. The number of hydrogen-bond acceptors (Lipinski definition) is 6. The van der Waals surface area contributed by atoms with Crippen molar-refractivity contribution in [3.8, 4) is 28.5 Å². The molecular weight excluding hydrogens is 344 g/mol. The van der Waals surface area contributed by atoms with Gasteiger partial charge < -0.3 is 19.9 Å². The van der Waals surface area contributed by atoms with Gasteiger partial charge in [-0.2, -0.15) is 0 Å². The molecule has 0 aliphatic carbocycles. The predicted molar refractivity (Wildman–Crippen MR) is 104 cm³/mol. The molecule has 0 spiro atoms. The highest BCUT2D eigenvalue weighted by molar-refractivity contribution is 6.13. The Balaban J connectivity index is 2.08. The Labute approximate surface area is 157 Å². The third-order valence-electron chi connectivity index (χ3n) is 4.19. The van der Waals surface area contributed by atoms with Gasteiger partial charge in [0.1, 0.15) is 0 Å². The standard InChI is InChI=1S/C21H20N2O4/c1-25-18-11-14(12-19(26-2)21(18)27-3)20(24)15-10-13(7-8-16(15)22)17-6-4-5-9-23-17/h4-12H,22H2,1-3H3. The van der Waals surface area contributed by atoms with Crippen molar-refractivity contribution in [2.45, 2.75) is 0 Å². The fourth-order valence-corrected chi connectivity index (χ4v) is 2.81. The molecule has 0 aliphatic heterocycles. The molecule has 0 saturated carbocycles. The smallest absolute Gasteiger partial charge is 0.203 e. The zero-order valence-corrected chi connectivity index (χ0v) is 15.4. The molecule has 2 aromatic carbocycles. The Hall–Kier alpha value is -3.54. The summed E-state index contributed by atoms with van der Waals surface area (Å²) in [4.78, 5) is 17.5. The highest BCUT2D eigenvalue weighted by Crippen LogP contribution is 2.39. The molecule has 6 heteroatoms. The normalized spacial score (nSPS) is 10.3. The Morgan fingerprint density at radius 2 is 1.63 bits per heavy atom. The van der Waals surface area contributed by atoms with Crippen molar-refractivity contribution >= 4 is 11.5 Å². The third-order valence-corrected chi connectivity index (χ3v) is 4.19. The highest BCUT2D eigenvalue weighted by atomic mass is 16.5. The van der Waals surface area contributed by atoms with E-state index in [1.54, 1.807) is 30.5 Å². The summed E-state index contributed by atoms with van der Waals surface area (Å²) in [6.07, 6.45) is 1.70. The van der Waals surface area contributed by atoms with E-state index >= 15 is 0 Å². The molecule has 0 amide bonds. The van der Waals surface area contributed by atoms with E-state index in [-0.39, 0.29) is 5.78 Å². The first-order valence-electron chi connectivity index (χ1n) is 8.24. The lowest BCUT2D eigenvalue weighted by Crippen LogP contribution is -2.07. The van der Waals surface area contributed by atoms with Gasteiger partial charge in [0, 0.05) is 28.6 Å². The number of ether oxygens (including phenoxy) is 3. The third kappa shape index (κ3) is 3.55. The summed E-state index contributed by atoms with van der Waals surface area (Å²) in [5, 5.41) is 0. The number of benzene rings is 2. The summed E-state index contributed by atoms with van der Waals surface area (Å²) < 4.78 is 16.0. The maximum absolute atomic E-state index is 13.1. The van der Waals surface area contributed by atoms with Crippen LogP contribution in [0.25, 0.3) is 11.3 Å². The summed E-state index contributed by atoms with van der Waals surface area (Å²) in [6, 6.07) is 14.1. The summed E-state index contributed by atoms with van der Waals surface area (Å²) in [6.45, 7) is 0. The van der Waals surface area contributed by atoms with Gasteiger partial charge >= 0.3 is 0 Å². The Kier molecular flexibility index (Phi) is 5.26. The highest BCUT2D eigenvalue weighted by Gasteiger charge is 2.20. The van der Waals surface area contributed by atoms with Gasteiger partial charge in [-0.15, -0.1) is 0 Å². The molecule has 2 N–H and O–H groups in total. The van der Waals surface area contributed by atoms with E-state index in [1.165, 1.54) is 21.3 Å². The molecule has 0 unspecified atom stereocenters. The molecule has 0 fully saturated rings. The number of hydrogen-bond donors (Lipinski definition) is 1. The molecule has 1 heterocycles. The number of nitrogens with zero attached hydrogens (tertiary/aromatic N) is 1. The molecular formula is C21H20N2O4. The van der Waals surface area contributed by atoms with Gasteiger partial charge in [0.2, 0.25) is 5.75 Å². The predicted octanol–water partition coefficient (Wildman–Crippen LogP) is 3.59. The number of aromatic nitrogens is 1. The van der Waals surface area contributed by atoms with Gasteiger partial charge in [-0.05, 0) is 36.4 Å². The molecule has 6 nitrogen and oxygen atoms in total. The number of nitrogen functional groups attached to an aromatic ring is 1. The number of anilines is 1. The zero-order chi connectivity index (χ0) is 19.4. The number of methoxy groups -OCH3 is 3. The maximum atomic E-state index is 13.1. The zero-order valence-electron chi connectivity index (χ0n) is 15.4. The van der Waals surface area contributed by atoms with Crippen molar-refractivity contribution in [1.82, 2.24) is 4.98 Å². The van der Waals surface area contributed by atoms with Crippen LogP contribution in [-0.4, -0.2) is 32.1 Å². The van der Waals surface area contributed by atoms with Crippen molar-refractivity contribution in [2.24, 2.45) is 0 Å². The van der Waals surface area contributed by atoms with Gasteiger partial charge in [-0.25, -0.2) is 0 Å². The van der Waals surface area contributed by atoms with Gasteiger partial charge in [0.05, 0.1) is 27.0 Å². The first-order chi connectivity index (χ1) is 13.1. The fraction of sp³-hybridized carbons (Fsp3) is 0.143. The van der Waals surface area contributed by atoms with Crippen LogP contribution in [0.3, 0.4) is 0 Å². The summed E-state index contributed by atoms with van der Waals surface area (Å²) >= 11 is 0. The van der Waals surface area contributed by atoms with Gasteiger partial charge in [-0.3, -0.25) is 9.78 Å². The van der Waals surface area contributed by atoms with Crippen LogP contribution in [0.2, 0.25) is 0 Å².